The van der Waals surface area contributed by atoms with Gasteiger partial charge in [-0.1, -0.05) is 13.8 Å². The van der Waals surface area contributed by atoms with Gasteiger partial charge in [-0.15, -0.1) is 0 Å². The lowest BCUT2D eigenvalue weighted by atomic mass is 10.1. The number of hydrogen-bond acceptors (Lipinski definition) is 4. The van der Waals surface area contributed by atoms with Crippen LogP contribution >= 0.6 is 0 Å². The molecule has 3 N–H and O–H groups in total. The molecule has 6 nitrogen and oxygen atoms in total. The Hall–Kier alpha value is -0.890. The van der Waals surface area contributed by atoms with Crippen molar-refractivity contribution in [2.45, 2.75) is 50.2 Å². The molecule has 1 aliphatic rings. The standard InChI is InChI=1S/C14H26N4O2S/c1-11(2)15-9-13-8-14(10-16-13)21(19,20)17-12-4-6-18(3)7-5-12/h8,10-12,15-17H,4-7,9H2,1-3H3. The summed E-state index contributed by atoms with van der Waals surface area (Å²) in [6.45, 7) is 6.62. The largest absolute Gasteiger partial charge is 0.363 e. The van der Waals surface area contributed by atoms with E-state index in [1.165, 1.54) is 0 Å². The Balaban J connectivity index is 1.96. The molecule has 2 heterocycles. The van der Waals surface area contributed by atoms with Gasteiger partial charge in [-0.3, -0.25) is 0 Å². The molecule has 1 saturated heterocycles. The lowest BCUT2D eigenvalue weighted by Gasteiger charge is -2.29. The van der Waals surface area contributed by atoms with Gasteiger partial charge in [0.1, 0.15) is 0 Å². The topological polar surface area (TPSA) is 77.2 Å². The maximum Gasteiger partial charge on any atom is 0.242 e. The molecule has 2 rings (SSSR count). The fourth-order valence-corrected chi connectivity index (χ4v) is 3.73. The van der Waals surface area contributed by atoms with Crippen LogP contribution in [0, 0.1) is 0 Å². The summed E-state index contributed by atoms with van der Waals surface area (Å²) in [5.74, 6) is 0. The van der Waals surface area contributed by atoms with Gasteiger partial charge < -0.3 is 15.2 Å². The Labute approximate surface area is 127 Å². The Bertz CT molecular complexity index is 545. The van der Waals surface area contributed by atoms with Crippen molar-refractivity contribution in [3.8, 4) is 0 Å². The van der Waals surface area contributed by atoms with E-state index in [9.17, 15) is 8.42 Å². The Morgan fingerprint density at radius 2 is 2.05 bits per heavy atom. The fourth-order valence-electron chi connectivity index (χ4n) is 2.40. The predicted molar refractivity (Wildman–Crippen MR) is 83.6 cm³/mol. The first-order valence-corrected chi connectivity index (χ1v) is 8.96. The first kappa shape index (κ1) is 16.5. The minimum Gasteiger partial charge on any atom is -0.363 e. The van der Waals surface area contributed by atoms with Crippen LogP contribution in [0.4, 0.5) is 0 Å². The number of nitrogens with zero attached hydrogens (tertiary/aromatic N) is 1. The smallest absolute Gasteiger partial charge is 0.242 e. The second-order valence-corrected chi connectivity index (χ2v) is 7.81. The average molecular weight is 314 g/mol. The summed E-state index contributed by atoms with van der Waals surface area (Å²) >= 11 is 0. The molecule has 0 saturated carbocycles. The number of H-pyrrole nitrogens is 1. The fraction of sp³-hybridized carbons (Fsp3) is 0.714. The van der Waals surface area contributed by atoms with E-state index < -0.39 is 10.0 Å². The van der Waals surface area contributed by atoms with E-state index in [0.717, 1.165) is 31.6 Å². The molecule has 1 fully saturated rings. The lowest BCUT2D eigenvalue weighted by molar-refractivity contribution is 0.248. The van der Waals surface area contributed by atoms with Crippen molar-refractivity contribution in [2.24, 2.45) is 0 Å². The highest BCUT2D eigenvalue weighted by molar-refractivity contribution is 7.89. The zero-order chi connectivity index (χ0) is 15.5. The first-order valence-electron chi connectivity index (χ1n) is 7.48. The van der Waals surface area contributed by atoms with Gasteiger partial charge in [-0.25, -0.2) is 13.1 Å². The van der Waals surface area contributed by atoms with Crippen LogP contribution in [0.1, 0.15) is 32.4 Å². The molecule has 0 amide bonds. The van der Waals surface area contributed by atoms with Crippen LogP contribution in [-0.2, 0) is 16.6 Å². The monoisotopic (exact) mass is 314 g/mol. The first-order chi connectivity index (χ1) is 9.87. The zero-order valence-electron chi connectivity index (χ0n) is 13.0. The van der Waals surface area contributed by atoms with Crippen molar-refractivity contribution >= 4 is 10.0 Å². The number of aromatic nitrogens is 1. The molecule has 0 bridgehead atoms. The minimum atomic E-state index is -3.42. The van der Waals surface area contributed by atoms with Crippen LogP contribution in [-0.4, -0.2) is 50.5 Å². The van der Waals surface area contributed by atoms with Gasteiger partial charge in [-0.2, -0.15) is 0 Å². The van der Waals surface area contributed by atoms with Crippen LogP contribution in [0.25, 0.3) is 0 Å². The zero-order valence-corrected chi connectivity index (χ0v) is 13.8. The molecule has 0 spiro atoms. The number of piperidine rings is 1. The van der Waals surface area contributed by atoms with Crippen LogP contribution in [0.2, 0.25) is 0 Å². The van der Waals surface area contributed by atoms with Gasteiger partial charge in [0.2, 0.25) is 10.0 Å². The average Bonchev–Trinajstić information content (AvgIpc) is 2.88. The van der Waals surface area contributed by atoms with Crippen molar-refractivity contribution in [2.75, 3.05) is 20.1 Å². The Kier molecular flexibility index (Phi) is 5.43. The molecule has 21 heavy (non-hydrogen) atoms. The third-order valence-electron chi connectivity index (χ3n) is 3.77. The summed E-state index contributed by atoms with van der Waals surface area (Å²) in [6.07, 6.45) is 3.29. The van der Waals surface area contributed by atoms with Gasteiger partial charge in [-0.05, 0) is 39.0 Å². The van der Waals surface area contributed by atoms with E-state index in [-0.39, 0.29) is 6.04 Å². The third kappa shape index (κ3) is 4.81. The number of rotatable bonds is 6. The molecule has 0 radical (unpaired) electrons. The number of hydrogen-bond donors (Lipinski definition) is 3. The second kappa shape index (κ2) is 6.91. The maximum absolute atomic E-state index is 12.4. The summed E-state index contributed by atoms with van der Waals surface area (Å²) < 4.78 is 27.6. The van der Waals surface area contributed by atoms with Crippen LogP contribution in [0.5, 0.6) is 0 Å². The van der Waals surface area contributed by atoms with Crippen molar-refractivity contribution in [1.82, 2.24) is 19.9 Å². The van der Waals surface area contributed by atoms with E-state index >= 15 is 0 Å². The van der Waals surface area contributed by atoms with Crippen molar-refractivity contribution in [3.63, 3.8) is 0 Å². The molecule has 0 atom stereocenters. The second-order valence-electron chi connectivity index (χ2n) is 6.10. The molecule has 1 aliphatic heterocycles. The molecule has 1 aromatic heterocycles. The molecule has 7 heteroatoms. The van der Waals surface area contributed by atoms with Gasteiger partial charge >= 0.3 is 0 Å². The maximum atomic E-state index is 12.4. The van der Waals surface area contributed by atoms with Crippen LogP contribution in [0.3, 0.4) is 0 Å². The van der Waals surface area contributed by atoms with Crippen molar-refractivity contribution in [3.05, 3.63) is 18.0 Å². The number of sulfonamides is 1. The Morgan fingerprint density at radius 1 is 1.38 bits per heavy atom. The van der Waals surface area contributed by atoms with Gasteiger partial charge in [0.25, 0.3) is 0 Å². The SMILES string of the molecule is CC(C)NCc1cc(S(=O)(=O)NC2CCN(C)CC2)c[nH]1. The number of aromatic amines is 1. The number of nitrogens with one attached hydrogen (secondary N) is 3. The third-order valence-corrected chi connectivity index (χ3v) is 5.27. The molecular formula is C14H26N4O2S. The summed E-state index contributed by atoms with van der Waals surface area (Å²) in [7, 11) is -1.36. The lowest BCUT2D eigenvalue weighted by Crippen LogP contribution is -2.43. The molecule has 0 aliphatic carbocycles. The quantitative estimate of drug-likeness (QED) is 0.729. The van der Waals surface area contributed by atoms with Crippen molar-refractivity contribution < 1.29 is 8.42 Å². The summed E-state index contributed by atoms with van der Waals surface area (Å²) in [4.78, 5) is 5.56. The molecular weight excluding hydrogens is 288 g/mol. The Morgan fingerprint density at radius 3 is 2.67 bits per heavy atom. The van der Waals surface area contributed by atoms with Gasteiger partial charge in [0.05, 0.1) is 4.90 Å². The summed E-state index contributed by atoms with van der Waals surface area (Å²) in [6, 6.07) is 2.11. The molecule has 1 aromatic rings. The normalized spacial score (nSPS) is 18.5. The van der Waals surface area contributed by atoms with E-state index in [1.807, 2.05) is 0 Å². The molecule has 120 valence electrons. The van der Waals surface area contributed by atoms with Gasteiger partial charge in [0, 0.05) is 30.5 Å². The highest BCUT2D eigenvalue weighted by Gasteiger charge is 2.24. The van der Waals surface area contributed by atoms with E-state index in [2.05, 4.69) is 40.8 Å². The summed E-state index contributed by atoms with van der Waals surface area (Å²) in [5.41, 5.74) is 0.882. The van der Waals surface area contributed by atoms with E-state index in [1.54, 1.807) is 12.3 Å². The molecule has 0 aromatic carbocycles. The number of likely N-dealkylation sites (tertiary alicyclic amines) is 1. The summed E-state index contributed by atoms with van der Waals surface area (Å²) in [5, 5.41) is 3.26. The highest BCUT2D eigenvalue weighted by Crippen LogP contribution is 2.15. The predicted octanol–water partition coefficient (Wildman–Crippen LogP) is 0.885. The van der Waals surface area contributed by atoms with Crippen LogP contribution < -0.4 is 10.0 Å². The van der Waals surface area contributed by atoms with Crippen molar-refractivity contribution in [1.29, 1.82) is 0 Å². The minimum absolute atomic E-state index is 0.0401. The van der Waals surface area contributed by atoms with Crippen LogP contribution in [0.15, 0.2) is 17.2 Å². The van der Waals surface area contributed by atoms with Gasteiger partial charge in [0.15, 0.2) is 0 Å². The van der Waals surface area contributed by atoms with E-state index in [4.69, 9.17) is 0 Å². The van der Waals surface area contributed by atoms with E-state index in [0.29, 0.717) is 17.5 Å². The molecule has 0 unspecified atom stereocenters. The highest BCUT2D eigenvalue weighted by atomic mass is 32.2.